The Morgan fingerprint density at radius 2 is 1.94 bits per heavy atom. The van der Waals surface area contributed by atoms with Crippen molar-refractivity contribution in [2.24, 2.45) is 0 Å². The number of rotatable bonds is 6. The van der Waals surface area contributed by atoms with E-state index in [1.54, 1.807) is 6.92 Å². The van der Waals surface area contributed by atoms with Gasteiger partial charge in [-0.1, -0.05) is 19.8 Å². The van der Waals surface area contributed by atoms with Crippen molar-refractivity contribution in [2.45, 2.75) is 44.6 Å². The first-order chi connectivity index (χ1) is 7.39. The van der Waals surface area contributed by atoms with Crippen LogP contribution in [0.2, 0.25) is 0 Å². The Morgan fingerprint density at radius 3 is 2.38 bits per heavy atom. The maximum Gasteiger partial charge on any atom is 0.305 e. The maximum absolute atomic E-state index is 11.6. The monoisotopic (exact) mass is 250 g/mol. The van der Waals surface area contributed by atoms with E-state index in [9.17, 15) is 13.2 Å². The van der Waals surface area contributed by atoms with Gasteiger partial charge < -0.3 is 5.11 Å². The lowest BCUT2D eigenvalue weighted by Gasteiger charge is -2.28. The van der Waals surface area contributed by atoms with Gasteiger partial charge in [0.1, 0.15) is 0 Å². The zero-order chi connectivity index (χ0) is 12.2. The minimum atomic E-state index is -3.58. The highest BCUT2D eigenvalue weighted by Crippen LogP contribution is 2.33. The quantitative estimate of drug-likeness (QED) is 0.628. The molecule has 0 amide bonds. The van der Waals surface area contributed by atoms with Crippen LogP contribution in [-0.4, -0.2) is 31.6 Å². The summed E-state index contributed by atoms with van der Waals surface area (Å²) in [5.74, 6) is -0.971. The van der Waals surface area contributed by atoms with E-state index >= 15 is 0 Å². The molecule has 1 rings (SSSR count). The average molecular weight is 250 g/mol. The predicted molar refractivity (Wildman–Crippen MR) is 59.2 cm³/mol. The summed E-state index contributed by atoms with van der Waals surface area (Å²) in [5.41, 5.74) is -0.799. The van der Waals surface area contributed by atoms with Crippen molar-refractivity contribution in [1.29, 1.82) is 0 Å². The molecule has 0 saturated heterocycles. The molecule has 0 aromatic carbocycles. The summed E-state index contributed by atoms with van der Waals surface area (Å²) in [5, 5.41) is 8.81. The molecule has 7 heteroatoms. The van der Waals surface area contributed by atoms with Crippen LogP contribution < -0.4 is 9.44 Å². The number of aliphatic carboxylic acids is 1. The predicted octanol–water partition coefficient (Wildman–Crippen LogP) is 0.218. The maximum atomic E-state index is 11.6. The Kier molecular flexibility index (Phi) is 4.28. The van der Waals surface area contributed by atoms with Crippen molar-refractivity contribution >= 4 is 16.2 Å². The highest BCUT2D eigenvalue weighted by atomic mass is 32.2. The van der Waals surface area contributed by atoms with Crippen LogP contribution in [0.3, 0.4) is 0 Å². The van der Waals surface area contributed by atoms with Gasteiger partial charge in [0.25, 0.3) is 10.2 Å². The Morgan fingerprint density at radius 1 is 1.38 bits per heavy atom. The minimum absolute atomic E-state index is 0.155. The van der Waals surface area contributed by atoms with Crippen molar-refractivity contribution in [3.8, 4) is 0 Å². The Bertz CT molecular complexity index is 347. The van der Waals surface area contributed by atoms with Crippen LogP contribution in [0.5, 0.6) is 0 Å². The molecule has 0 heterocycles. The van der Waals surface area contributed by atoms with Gasteiger partial charge in [-0.2, -0.15) is 13.1 Å². The van der Waals surface area contributed by atoms with E-state index in [4.69, 9.17) is 5.11 Å². The standard InChI is InChI=1S/C9H18N2O4S/c1-2-10-16(14,15)11-9(7-8(12)13)5-3-4-6-9/h10-11H,2-7H2,1H3,(H,12,13). The van der Waals surface area contributed by atoms with Crippen molar-refractivity contribution < 1.29 is 18.3 Å². The summed E-state index contributed by atoms with van der Waals surface area (Å²) in [7, 11) is -3.58. The summed E-state index contributed by atoms with van der Waals surface area (Å²) in [6.45, 7) is 1.97. The Hall–Kier alpha value is -0.660. The summed E-state index contributed by atoms with van der Waals surface area (Å²) < 4.78 is 27.9. The van der Waals surface area contributed by atoms with E-state index in [-0.39, 0.29) is 6.42 Å². The van der Waals surface area contributed by atoms with Crippen molar-refractivity contribution in [2.75, 3.05) is 6.54 Å². The zero-order valence-electron chi connectivity index (χ0n) is 9.32. The molecule has 0 spiro atoms. The Labute approximate surface area is 95.6 Å². The van der Waals surface area contributed by atoms with E-state index in [1.165, 1.54) is 0 Å². The van der Waals surface area contributed by atoms with Crippen LogP contribution in [0.15, 0.2) is 0 Å². The fourth-order valence-electron chi connectivity index (χ4n) is 2.17. The van der Waals surface area contributed by atoms with Gasteiger partial charge in [-0.25, -0.2) is 4.72 Å². The largest absolute Gasteiger partial charge is 0.481 e. The zero-order valence-corrected chi connectivity index (χ0v) is 10.1. The van der Waals surface area contributed by atoms with E-state index in [0.29, 0.717) is 19.4 Å². The van der Waals surface area contributed by atoms with Crippen LogP contribution in [0.4, 0.5) is 0 Å². The number of hydrogen-bond acceptors (Lipinski definition) is 3. The van der Waals surface area contributed by atoms with Crippen LogP contribution in [0.25, 0.3) is 0 Å². The molecule has 1 aliphatic carbocycles. The highest BCUT2D eigenvalue weighted by molar-refractivity contribution is 7.87. The van der Waals surface area contributed by atoms with E-state index in [1.807, 2.05) is 0 Å². The lowest BCUT2D eigenvalue weighted by Crippen LogP contribution is -2.51. The molecule has 1 aliphatic rings. The molecule has 0 aromatic rings. The number of hydrogen-bond donors (Lipinski definition) is 3. The smallest absolute Gasteiger partial charge is 0.305 e. The van der Waals surface area contributed by atoms with E-state index in [2.05, 4.69) is 9.44 Å². The summed E-state index contributed by atoms with van der Waals surface area (Å²) in [6.07, 6.45) is 2.75. The number of carboxylic acids is 1. The molecule has 0 aliphatic heterocycles. The van der Waals surface area contributed by atoms with Gasteiger partial charge >= 0.3 is 5.97 Å². The molecule has 1 fully saturated rings. The summed E-state index contributed by atoms with van der Waals surface area (Å²) >= 11 is 0. The first-order valence-corrected chi connectivity index (χ1v) is 6.88. The van der Waals surface area contributed by atoms with Gasteiger partial charge in [-0.15, -0.1) is 0 Å². The second-order valence-corrected chi connectivity index (χ2v) is 5.66. The summed E-state index contributed by atoms with van der Waals surface area (Å²) in [6, 6.07) is 0. The fourth-order valence-corrected chi connectivity index (χ4v) is 3.47. The van der Waals surface area contributed by atoms with Crippen molar-refractivity contribution in [3.05, 3.63) is 0 Å². The topological polar surface area (TPSA) is 95.5 Å². The molecule has 0 aromatic heterocycles. The van der Waals surface area contributed by atoms with Gasteiger partial charge in [-0.05, 0) is 12.8 Å². The van der Waals surface area contributed by atoms with Crippen molar-refractivity contribution in [1.82, 2.24) is 9.44 Å². The van der Waals surface area contributed by atoms with Crippen molar-refractivity contribution in [3.63, 3.8) is 0 Å². The number of carbonyl (C=O) groups is 1. The van der Waals surface area contributed by atoms with Gasteiger partial charge in [0.05, 0.1) is 6.42 Å². The van der Waals surface area contributed by atoms with E-state index in [0.717, 1.165) is 12.8 Å². The summed E-state index contributed by atoms with van der Waals surface area (Å²) in [4.78, 5) is 10.7. The third-order valence-corrected chi connectivity index (χ3v) is 4.11. The molecule has 6 nitrogen and oxygen atoms in total. The van der Waals surface area contributed by atoms with Crippen LogP contribution in [-0.2, 0) is 15.0 Å². The fraction of sp³-hybridized carbons (Fsp3) is 0.889. The molecule has 16 heavy (non-hydrogen) atoms. The normalized spacial score (nSPS) is 19.8. The van der Waals surface area contributed by atoms with E-state index < -0.39 is 21.7 Å². The van der Waals surface area contributed by atoms with Gasteiger partial charge in [0, 0.05) is 12.1 Å². The molecule has 0 radical (unpaired) electrons. The first-order valence-electron chi connectivity index (χ1n) is 5.39. The lowest BCUT2D eigenvalue weighted by molar-refractivity contribution is -0.138. The molecule has 0 bridgehead atoms. The molecular weight excluding hydrogens is 232 g/mol. The average Bonchev–Trinajstić information content (AvgIpc) is 2.49. The van der Waals surface area contributed by atoms with Gasteiger partial charge in [0.2, 0.25) is 0 Å². The van der Waals surface area contributed by atoms with Crippen LogP contribution in [0, 0.1) is 0 Å². The minimum Gasteiger partial charge on any atom is -0.481 e. The second-order valence-electron chi connectivity index (χ2n) is 4.16. The Balaban J connectivity index is 2.75. The van der Waals surface area contributed by atoms with Crippen LogP contribution in [0.1, 0.15) is 39.0 Å². The van der Waals surface area contributed by atoms with Gasteiger partial charge in [0.15, 0.2) is 0 Å². The van der Waals surface area contributed by atoms with Crippen LogP contribution >= 0.6 is 0 Å². The first kappa shape index (κ1) is 13.4. The second kappa shape index (κ2) is 5.11. The highest BCUT2D eigenvalue weighted by Gasteiger charge is 2.39. The molecule has 3 N–H and O–H groups in total. The molecule has 1 saturated carbocycles. The number of carboxylic acid groups (broad SMARTS) is 1. The third-order valence-electron chi connectivity index (χ3n) is 2.74. The number of nitrogens with one attached hydrogen (secondary N) is 2. The SMILES string of the molecule is CCNS(=O)(=O)NC1(CC(=O)O)CCCC1. The van der Waals surface area contributed by atoms with Gasteiger partial charge in [-0.3, -0.25) is 4.79 Å². The molecule has 94 valence electrons. The molecular formula is C9H18N2O4S. The molecule has 0 unspecified atom stereocenters. The molecule has 0 atom stereocenters. The third kappa shape index (κ3) is 3.73. The lowest BCUT2D eigenvalue weighted by atomic mass is 9.95.